The third-order valence-electron chi connectivity index (χ3n) is 4.83. The number of rotatable bonds is 4. The summed E-state index contributed by atoms with van der Waals surface area (Å²) in [7, 11) is 0. The Balaban J connectivity index is 1.97. The molecule has 2 rings (SSSR count). The molecule has 1 amide bonds. The van der Waals surface area contributed by atoms with E-state index in [4.69, 9.17) is 11.6 Å². The van der Waals surface area contributed by atoms with Gasteiger partial charge in [0.15, 0.2) is 0 Å². The molecule has 2 saturated carbocycles. The zero-order valence-electron chi connectivity index (χ0n) is 12.1. The topological polar surface area (TPSA) is 20.3 Å². The Labute approximate surface area is 122 Å². The first-order valence-corrected chi connectivity index (χ1v) is 8.73. The number of carbonyl (C=O) groups is 1. The number of carbonyl (C=O) groups excluding carboxylic acids is 1. The highest BCUT2D eigenvalue weighted by atomic mass is 35.5. The normalized spacial score (nSPS) is 23.0. The summed E-state index contributed by atoms with van der Waals surface area (Å²) >= 11 is 5.94. The van der Waals surface area contributed by atoms with E-state index in [1.54, 1.807) is 0 Å². The minimum atomic E-state index is 0.285. The number of alkyl halides is 1. The molecule has 2 aliphatic rings. The van der Waals surface area contributed by atoms with Crippen LogP contribution in [0.5, 0.6) is 0 Å². The molecule has 0 spiro atoms. The lowest BCUT2D eigenvalue weighted by Gasteiger charge is -2.36. The van der Waals surface area contributed by atoms with Crippen LogP contribution in [0, 0.1) is 5.92 Å². The first kappa shape index (κ1) is 15.2. The summed E-state index contributed by atoms with van der Waals surface area (Å²) in [5, 5.41) is 0. The van der Waals surface area contributed by atoms with Gasteiger partial charge >= 0.3 is 0 Å². The van der Waals surface area contributed by atoms with E-state index in [-0.39, 0.29) is 5.92 Å². The van der Waals surface area contributed by atoms with Crippen molar-refractivity contribution in [3.05, 3.63) is 0 Å². The van der Waals surface area contributed by atoms with Crippen molar-refractivity contribution in [1.29, 1.82) is 0 Å². The summed E-state index contributed by atoms with van der Waals surface area (Å²) in [6.45, 7) is 0.752. The molecule has 0 unspecified atom stereocenters. The first-order chi connectivity index (χ1) is 9.33. The van der Waals surface area contributed by atoms with Gasteiger partial charge in [0.1, 0.15) is 0 Å². The molecule has 0 atom stereocenters. The second kappa shape index (κ2) is 8.14. The second-order valence-corrected chi connectivity index (χ2v) is 6.58. The Kier molecular flexibility index (Phi) is 6.49. The number of hydrogen-bond acceptors (Lipinski definition) is 1. The van der Waals surface area contributed by atoms with Crippen LogP contribution in [0.4, 0.5) is 0 Å². The van der Waals surface area contributed by atoms with Gasteiger partial charge in [0.2, 0.25) is 5.91 Å². The maximum Gasteiger partial charge on any atom is 0.225 e. The molecule has 0 aliphatic heterocycles. The second-order valence-electron chi connectivity index (χ2n) is 6.20. The molecule has 0 aromatic carbocycles. The van der Waals surface area contributed by atoms with E-state index in [2.05, 4.69) is 4.90 Å². The average molecular weight is 286 g/mol. The highest BCUT2D eigenvalue weighted by Gasteiger charge is 2.30. The van der Waals surface area contributed by atoms with Crippen molar-refractivity contribution in [2.45, 2.75) is 76.7 Å². The summed E-state index contributed by atoms with van der Waals surface area (Å²) in [5.74, 6) is 1.27. The quantitative estimate of drug-likeness (QED) is 0.555. The van der Waals surface area contributed by atoms with Crippen molar-refractivity contribution < 1.29 is 4.79 Å². The van der Waals surface area contributed by atoms with Gasteiger partial charge in [-0.3, -0.25) is 4.79 Å². The van der Waals surface area contributed by atoms with Crippen LogP contribution in [-0.4, -0.2) is 29.3 Å². The van der Waals surface area contributed by atoms with Crippen molar-refractivity contribution in [3.8, 4) is 0 Å². The van der Waals surface area contributed by atoms with Crippen molar-refractivity contribution in [2.24, 2.45) is 5.92 Å². The number of nitrogens with zero attached hydrogens (tertiary/aromatic N) is 1. The third-order valence-corrected chi connectivity index (χ3v) is 5.00. The fraction of sp³-hybridized carbons (Fsp3) is 0.938. The molecule has 0 aromatic rings. The molecule has 110 valence electrons. The van der Waals surface area contributed by atoms with Gasteiger partial charge in [0.25, 0.3) is 0 Å². The van der Waals surface area contributed by atoms with Crippen LogP contribution in [0.15, 0.2) is 0 Å². The van der Waals surface area contributed by atoms with Gasteiger partial charge in [-0.15, -0.1) is 11.6 Å². The van der Waals surface area contributed by atoms with Gasteiger partial charge in [-0.2, -0.15) is 0 Å². The van der Waals surface area contributed by atoms with Crippen molar-refractivity contribution in [2.75, 3.05) is 12.4 Å². The van der Waals surface area contributed by atoms with E-state index in [9.17, 15) is 4.79 Å². The molecule has 0 N–H and O–H groups in total. The summed E-state index contributed by atoms with van der Waals surface area (Å²) in [4.78, 5) is 14.9. The van der Waals surface area contributed by atoms with Crippen LogP contribution in [0.25, 0.3) is 0 Å². The maximum atomic E-state index is 12.8. The van der Waals surface area contributed by atoms with Gasteiger partial charge in [-0.25, -0.2) is 0 Å². The van der Waals surface area contributed by atoms with E-state index in [0.717, 1.165) is 19.4 Å². The molecule has 3 heteroatoms. The summed E-state index contributed by atoms with van der Waals surface area (Å²) in [6, 6.07) is 0.475. The lowest BCUT2D eigenvalue weighted by atomic mass is 9.91. The lowest BCUT2D eigenvalue weighted by molar-refractivity contribution is -0.138. The highest BCUT2D eigenvalue weighted by molar-refractivity contribution is 6.18. The Hall–Kier alpha value is -0.240. The van der Waals surface area contributed by atoms with E-state index in [1.807, 2.05) is 0 Å². The zero-order chi connectivity index (χ0) is 13.5. The van der Waals surface area contributed by atoms with Crippen LogP contribution in [0.2, 0.25) is 0 Å². The number of amides is 1. The van der Waals surface area contributed by atoms with Crippen LogP contribution in [0.1, 0.15) is 70.6 Å². The predicted octanol–water partition coefficient (Wildman–Crippen LogP) is 4.36. The van der Waals surface area contributed by atoms with Crippen LogP contribution in [0.3, 0.4) is 0 Å². The summed E-state index contributed by atoms with van der Waals surface area (Å²) < 4.78 is 0. The summed E-state index contributed by atoms with van der Waals surface area (Å²) in [5.41, 5.74) is 0. The van der Waals surface area contributed by atoms with E-state index < -0.39 is 0 Å². The molecule has 0 bridgehead atoms. The Morgan fingerprint density at radius 3 is 2.00 bits per heavy atom. The standard InChI is InChI=1S/C16H28ClNO/c17-12-13-18(15-10-6-3-7-11-15)16(19)14-8-4-1-2-5-9-14/h14-15H,1-13H2. The predicted molar refractivity (Wildman–Crippen MR) is 80.5 cm³/mol. The van der Waals surface area contributed by atoms with Crippen molar-refractivity contribution in [3.63, 3.8) is 0 Å². The zero-order valence-corrected chi connectivity index (χ0v) is 12.8. The largest absolute Gasteiger partial charge is 0.338 e. The molecule has 19 heavy (non-hydrogen) atoms. The van der Waals surface area contributed by atoms with Crippen molar-refractivity contribution in [1.82, 2.24) is 4.90 Å². The molecular formula is C16H28ClNO. The van der Waals surface area contributed by atoms with Crippen molar-refractivity contribution >= 4 is 17.5 Å². The van der Waals surface area contributed by atoms with Crippen LogP contribution >= 0.6 is 11.6 Å². The third kappa shape index (κ3) is 4.37. The lowest BCUT2D eigenvalue weighted by Crippen LogP contribution is -2.45. The molecule has 2 fully saturated rings. The van der Waals surface area contributed by atoms with Crippen LogP contribution in [-0.2, 0) is 4.79 Å². The molecule has 0 heterocycles. The number of hydrogen-bond donors (Lipinski definition) is 0. The van der Waals surface area contributed by atoms with Crippen LogP contribution < -0.4 is 0 Å². The molecular weight excluding hydrogens is 258 g/mol. The molecule has 2 nitrogen and oxygen atoms in total. The maximum absolute atomic E-state index is 12.8. The highest BCUT2D eigenvalue weighted by Crippen LogP contribution is 2.28. The molecule has 0 saturated heterocycles. The van der Waals surface area contributed by atoms with Gasteiger partial charge in [-0.1, -0.05) is 44.9 Å². The van der Waals surface area contributed by atoms with E-state index in [0.29, 0.717) is 17.8 Å². The fourth-order valence-corrected chi connectivity index (χ4v) is 3.90. The Morgan fingerprint density at radius 2 is 1.42 bits per heavy atom. The van der Waals surface area contributed by atoms with Gasteiger partial charge in [0, 0.05) is 24.4 Å². The van der Waals surface area contributed by atoms with E-state index >= 15 is 0 Å². The fourth-order valence-electron chi connectivity index (χ4n) is 3.72. The number of halogens is 1. The molecule has 0 aromatic heterocycles. The van der Waals surface area contributed by atoms with Gasteiger partial charge < -0.3 is 4.90 Å². The molecule has 2 aliphatic carbocycles. The first-order valence-electron chi connectivity index (χ1n) is 8.19. The average Bonchev–Trinajstić information content (AvgIpc) is 2.74. The molecule has 0 radical (unpaired) electrons. The monoisotopic (exact) mass is 285 g/mol. The smallest absolute Gasteiger partial charge is 0.225 e. The summed E-state index contributed by atoms with van der Waals surface area (Å²) in [6.07, 6.45) is 13.6. The van der Waals surface area contributed by atoms with Gasteiger partial charge in [0.05, 0.1) is 0 Å². The Morgan fingerprint density at radius 1 is 0.895 bits per heavy atom. The minimum absolute atomic E-state index is 0.285. The SMILES string of the molecule is O=C(C1CCCCCC1)N(CCCl)C1CCCCC1. The van der Waals surface area contributed by atoms with Gasteiger partial charge in [-0.05, 0) is 25.7 Å². The Bertz CT molecular complexity index is 268. The minimum Gasteiger partial charge on any atom is -0.338 e. The van der Waals surface area contributed by atoms with E-state index in [1.165, 1.54) is 57.8 Å².